The lowest BCUT2D eigenvalue weighted by Crippen LogP contribution is -2.46. The van der Waals surface area contributed by atoms with Gasteiger partial charge in [0.05, 0.1) is 5.56 Å². The lowest BCUT2D eigenvalue weighted by molar-refractivity contribution is -0.0445. The quantitative estimate of drug-likeness (QED) is 0.176. The molecule has 0 spiro atoms. The number of carbonyl (C=O) groups excluding carboxylic acids is 2. The van der Waals surface area contributed by atoms with Gasteiger partial charge in [0.15, 0.2) is 0 Å². The summed E-state index contributed by atoms with van der Waals surface area (Å²) in [5.74, 6) is -0.108. The molecule has 27 heavy (non-hydrogen) atoms. The highest BCUT2D eigenvalue weighted by molar-refractivity contribution is 14.1. The van der Waals surface area contributed by atoms with Gasteiger partial charge < -0.3 is 14.4 Å². The van der Waals surface area contributed by atoms with E-state index < -0.39 is 5.60 Å². The number of piperidine rings is 1. The van der Waals surface area contributed by atoms with Crippen molar-refractivity contribution in [2.24, 2.45) is 5.92 Å². The molecule has 1 aliphatic rings. The lowest BCUT2D eigenvalue weighted by atomic mass is 9.83. The number of amides is 1. The van der Waals surface area contributed by atoms with Crippen molar-refractivity contribution in [3.63, 3.8) is 0 Å². The first kappa shape index (κ1) is 23.2. The summed E-state index contributed by atoms with van der Waals surface area (Å²) in [5, 5.41) is 0. The number of nitrogens with zero attached hydrogens (tertiary/aromatic N) is 1. The van der Waals surface area contributed by atoms with Gasteiger partial charge in [-0.05, 0) is 107 Å². The smallest absolute Gasteiger partial charge is 0.410 e. The Bertz CT molecular complexity index is 728. The van der Waals surface area contributed by atoms with Crippen LogP contribution in [0.3, 0.4) is 0 Å². The van der Waals surface area contributed by atoms with E-state index in [9.17, 15) is 9.59 Å². The SMILES string of the molecule is C=CCOC(=O)N1CCC(C(C)(C)OC(=O)c2c(I)ccc(I)c2I)CC1. The van der Waals surface area contributed by atoms with Crippen molar-refractivity contribution in [3.8, 4) is 0 Å². The molecule has 1 aromatic rings. The van der Waals surface area contributed by atoms with E-state index in [-0.39, 0.29) is 24.6 Å². The second-order valence-electron chi connectivity index (χ2n) is 6.84. The van der Waals surface area contributed by atoms with Crippen molar-refractivity contribution in [1.82, 2.24) is 4.90 Å². The molecule has 8 heteroatoms. The van der Waals surface area contributed by atoms with Gasteiger partial charge in [-0.25, -0.2) is 9.59 Å². The molecule has 2 rings (SSSR count). The van der Waals surface area contributed by atoms with Crippen molar-refractivity contribution in [3.05, 3.63) is 41.1 Å². The van der Waals surface area contributed by atoms with Crippen LogP contribution in [0.15, 0.2) is 24.8 Å². The molecular formula is C19H22I3NO4. The van der Waals surface area contributed by atoms with Crippen LogP contribution in [0.25, 0.3) is 0 Å². The maximum Gasteiger partial charge on any atom is 0.410 e. The maximum absolute atomic E-state index is 12.9. The van der Waals surface area contributed by atoms with Crippen LogP contribution in [0.5, 0.6) is 0 Å². The first-order valence-corrected chi connectivity index (χ1v) is 11.8. The Morgan fingerprint density at radius 3 is 2.41 bits per heavy atom. The summed E-state index contributed by atoms with van der Waals surface area (Å²) < 4.78 is 13.9. The van der Waals surface area contributed by atoms with Crippen molar-refractivity contribution < 1.29 is 19.1 Å². The van der Waals surface area contributed by atoms with E-state index in [1.54, 1.807) is 11.0 Å². The van der Waals surface area contributed by atoms with E-state index in [2.05, 4.69) is 74.4 Å². The number of esters is 1. The Kier molecular flexibility index (Phi) is 8.65. The second kappa shape index (κ2) is 10.1. The topological polar surface area (TPSA) is 55.8 Å². The molecule has 148 valence electrons. The minimum absolute atomic E-state index is 0.183. The standard InChI is InChI=1S/C19H22I3NO4/c1-4-11-26-18(25)23-9-7-12(8-10-23)19(2,3)27-17(24)15-13(20)5-6-14(21)16(15)22/h4-6,12H,1,7-11H2,2-3H3. The molecule has 0 radical (unpaired) electrons. The molecule has 1 fully saturated rings. The minimum atomic E-state index is -0.609. The average Bonchev–Trinajstić information content (AvgIpc) is 2.62. The van der Waals surface area contributed by atoms with Crippen LogP contribution in [0, 0.1) is 16.6 Å². The van der Waals surface area contributed by atoms with Gasteiger partial charge in [-0.2, -0.15) is 0 Å². The Morgan fingerprint density at radius 1 is 1.22 bits per heavy atom. The van der Waals surface area contributed by atoms with E-state index in [1.807, 2.05) is 26.0 Å². The normalized spacial score (nSPS) is 15.4. The lowest BCUT2D eigenvalue weighted by Gasteiger charge is -2.39. The molecule has 5 nitrogen and oxygen atoms in total. The Morgan fingerprint density at radius 2 is 1.81 bits per heavy atom. The van der Waals surface area contributed by atoms with Gasteiger partial charge >= 0.3 is 12.1 Å². The van der Waals surface area contributed by atoms with Crippen molar-refractivity contribution in [2.45, 2.75) is 32.3 Å². The van der Waals surface area contributed by atoms with Crippen LogP contribution in [-0.2, 0) is 9.47 Å². The molecule has 1 amide bonds. The summed E-state index contributed by atoms with van der Waals surface area (Å²) in [6, 6.07) is 3.93. The zero-order valence-electron chi connectivity index (χ0n) is 15.3. The number of hydrogen-bond donors (Lipinski definition) is 0. The zero-order valence-corrected chi connectivity index (χ0v) is 21.7. The molecule has 0 saturated carbocycles. The van der Waals surface area contributed by atoms with Crippen LogP contribution in [0.2, 0.25) is 0 Å². The highest BCUT2D eigenvalue weighted by Crippen LogP contribution is 2.33. The number of benzene rings is 1. The number of hydrogen-bond acceptors (Lipinski definition) is 4. The van der Waals surface area contributed by atoms with Gasteiger partial charge in [0, 0.05) is 29.7 Å². The summed E-state index contributed by atoms with van der Waals surface area (Å²) in [6.45, 7) is 8.86. The molecular weight excluding hydrogens is 687 g/mol. The maximum atomic E-state index is 12.9. The Labute approximate surface area is 201 Å². The molecule has 0 unspecified atom stereocenters. The average molecular weight is 709 g/mol. The summed E-state index contributed by atoms with van der Waals surface area (Å²) in [7, 11) is 0. The van der Waals surface area contributed by atoms with Crippen LogP contribution in [0.4, 0.5) is 4.79 Å². The van der Waals surface area contributed by atoms with E-state index >= 15 is 0 Å². The molecule has 1 saturated heterocycles. The minimum Gasteiger partial charge on any atom is -0.456 e. The van der Waals surface area contributed by atoms with Gasteiger partial charge in [-0.15, -0.1) is 0 Å². The number of rotatable bonds is 5. The summed E-state index contributed by atoms with van der Waals surface area (Å²) in [6.07, 6.45) is 2.78. The summed E-state index contributed by atoms with van der Waals surface area (Å²) in [4.78, 5) is 26.5. The number of likely N-dealkylation sites (tertiary alicyclic amines) is 1. The third-order valence-corrected chi connectivity index (χ3v) is 8.62. The van der Waals surface area contributed by atoms with Gasteiger partial charge in [0.25, 0.3) is 0 Å². The number of halogens is 3. The molecule has 0 bridgehead atoms. The molecule has 1 aliphatic heterocycles. The number of ether oxygens (including phenoxy) is 2. The van der Waals surface area contributed by atoms with Gasteiger partial charge in [0.1, 0.15) is 12.2 Å². The molecule has 0 N–H and O–H groups in total. The predicted molar refractivity (Wildman–Crippen MR) is 130 cm³/mol. The summed E-state index contributed by atoms with van der Waals surface area (Å²) in [5.41, 5.74) is 0.0170. The third-order valence-electron chi connectivity index (χ3n) is 4.66. The van der Waals surface area contributed by atoms with Crippen molar-refractivity contribution in [1.29, 1.82) is 0 Å². The van der Waals surface area contributed by atoms with Crippen LogP contribution >= 0.6 is 67.8 Å². The highest BCUT2D eigenvalue weighted by atomic mass is 127. The van der Waals surface area contributed by atoms with Gasteiger partial charge in [-0.1, -0.05) is 12.7 Å². The van der Waals surface area contributed by atoms with Crippen molar-refractivity contribution in [2.75, 3.05) is 19.7 Å². The fraction of sp³-hybridized carbons (Fsp3) is 0.474. The Balaban J connectivity index is 2.01. The number of carbonyl (C=O) groups is 2. The largest absolute Gasteiger partial charge is 0.456 e. The predicted octanol–water partition coefficient (Wildman–Crippen LogP) is 5.47. The van der Waals surface area contributed by atoms with Gasteiger partial charge in [0.2, 0.25) is 0 Å². The van der Waals surface area contributed by atoms with E-state index in [1.165, 1.54) is 0 Å². The molecule has 0 aliphatic carbocycles. The first-order valence-electron chi connectivity index (χ1n) is 8.56. The summed E-state index contributed by atoms with van der Waals surface area (Å²) >= 11 is 6.59. The first-order chi connectivity index (χ1) is 12.7. The van der Waals surface area contributed by atoms with Crippen LogP contribution in [0.1, 0.15) is 37.0 Å². The van der Waals surface area contributed by atoms with Crippen molar-refractivity contribution >= 4 is 79.8 Å². The fourth-order valence-corrected chi connectivity index (χ4v) is 5.39. The molecule has 1 aromatic carbocycles. The molecule has 0 atom stereocenters. The zero-order chi connectivity index (χ0) is 20.2. The van der Waals surface area contributed by atoms with Gasteiger partial charge in [-0.3, -0.25) is 0 Å². The van der Waals surface area contributed by atoms with Crippen LogP contribution in [-0.4, -0.2) is 42.3 Å². The molecule has 0 aromatic heterocycles. The van der Waals surface area contributed by atoms with E-state index in [4.69, 9.17) is 9.47 Å². The fourth-order valence-electron chi connectivity index (χ4n) is 3.07. The highest BCUT2D eigenvalue weighted by Gasteiger charge is 2.37. The third kappa shape index (κ3) is 5.94. The molecule has 1 heterocycles. The second-order valence-corrected chi connectivity index (χ2v) is 10.2. The Hall–Kier alpha value is -0.110. The van der Waals surface area contributed by atoms with E-state index in [0.717, 1.165) is 23.6 Å². The van der Waals surface area contributed by atoms with E-state index in [0.29, 0.717) is 18.7 Å². The monoisotopic (exact) mass is 709 g/mol. The van der Waals surface area contributed by atoms with Crippen LogP contribution < -0.4 is 0 Å².